The lowest BCUT2D eigenvalue weighted by molar-refractivity contribution is -0.122. The number of likely N-dealkylation sites (tertiary alicyclic amines) is 1. The van der Waals surface area contributed by atoms with Crippen molar-refractivity contribution in [1.82, 2.24) is 20.0 Å². The number of hydrogen-bond donors (Lipinski definition) is 2. The maximum Gasteiger partial charge on any atom is 0.257 e. The van der Waals surface area contributed by atoms with Gasteiger partial charge in [0.2, 0.25) is 5.91 Å². The molecule has 1 aromatic rings. The second kappa shape index (κ2) is 9.92. The third-order valence-corrected chi connectivity index (χ3v) is 5.39. The van der Waals surface area contributed by atoms with Gasteiger partial charge in [-0.3, -0.25) is 14.3 Å². The van der Waals surface area contributed by atoms with E-state index in [1.807, 2.05) is 4.90 Å². The van der Waals surface area contributed by atoms with Gasteiger partial charge in [0.15, 0.2) is 0 Å². The Hall–Kier alpha value is -1.60. The van der Waals surface area contributed by atoms with E-state index in [2.05, 4.69) is 10.4 Å². The lowest BCUT2D eigenvalue weighted by Gasteiger charge is -2.31. The van der Waals surface area contributed by atoms with Gasteiger partial charge in [0.25, 0.3) is 5.91 Å². The number of nitrogens with zero attached hydrogens (tertiary/aromatic N) is 3. The van der Waals surface area contributed by atoms with Gasteiger partial charge >= 0.3 is 0 Å². The van der Waals surface area contributed by atoms with Crippen molar-refractivity contribution in [2.75, 3.05) is 19.6 Å². The van der Waals surface area contributed by atoms with E-state index in [0.29, 0.717) is 24.1 Å². The SMILES string of the molecule is Cl.NCC1CCN(C(=O)c2cnn(CC(=O)NC3CCCCC3)c2)CC1. The molecular weight excluding hydrogens is 354 g/mol. The van der Waals surface area contributed by atoms with Crippen LogP contribution in [-0.2, 0) is 11.3 Å². The van der Waals surface area contributed by atoms with E-state index >= 15 is 0 Å². The predicted octanol–water partition coefficient (Wildman–Crippen LogP) is 1.56. The monoisotopic (exact) mass is 383 g/mol. The van der Waals surface area contributed by atoms with Crippen LogP contribution < -0.4 is 11.1 Å². The van der Waals surface area contributed by atoms with Gasteiger partial charge in [-0.25, -0.2) is 0 Å². The summed E-state index contributed by atoms with van der Waals surface area (Å²) < 4.78 is 1.55. The fraction of sp³-hybridized carbons (Fsp3) is 0.722. The number of hydrogen-bond acceptors (Lipinski definition) is 4. The third kappa shape index (κ3) is 5.45. The Morgan fingerprint density at radius 1 is 1.15 bits per heavy atom. The number of carbonyl (C=O) groups excluding carboxylic acids is 2. The molecule has 0 atom stereocenters. The number of rotatable bonds is 5. The normalized spacial score (nSPS) is 19.0. The van der Waals surface area contributed by atoms with E-state index in [0.717, 1.165) is 38.8 Å². The summed E-state index contributed by atoms with van der Waals surface area (Å²) in [4.78, 5) is 26.6. The number of aromatic nitrogens is 2. The molecule has 0 aromatic carbocycles. The molecule has 2 aliphatic rings. The predicted molar refractivity (Wildman–Crippen MR) is 102 cm³/mol. The average Bonchev–Trinajstić information content (AvgIpc) is 3.10. The van der Waals surface area contributed by atoms with Gasteiger partial charge in [-0.2, -0.15) is 5.10 Å². The van der Waals surface area contributed by atoms with Crippen LogP contribution >= 0.6 is 12.4 Å². The third-order valence-electron chi connectivity index (χ3n) is 5.39. The van der Waals surface area contributed by atoms with Crippen LogP contribution in [0.1, 0.15) is 55.3 Å². The Labute approximate surface area is 161 Å². The van der Waals surface area contributed by atoms with E-state index in [-0.39, 0.29) is 30.8 Å². The molecule has 0 bridgehead atoms. The topological polar surface area (TPSA) is 93.2 Å². The highest BCUT2D eigenvalue weighted by atomic mass is 35.5. The molecule has 2 fully saturated rings. The highest BCUT2D eigenvalue weighted by Gasteiger charge is 2.24. The van der Waals surface area contributed by atoms with Crippen LogP contribution in [0.2, 0.25) is 0 Å². The highest BCUT2D eigenvalue weighted by Crippen LogP contribution is 2.18. The van der Waals surface area contributed by atoms with E-state index in [1.165, 1.54) is 19.3 Å². The summed E-state index contributed by atoms with van der Waals surface area (Å²) in [6.07, 6.45) is 10.9. The minimum absolute atomic E-state index is 0. The quantitative estimate of drug-likeness (QED) is 0.806. The number of amides is 2. The van der Waals surface area contributed by atoms with Crippen LogP contribution in [0.5, 0.6) is 0 Å². The lowest BCUT2D eigenvalue weighted by Crippen LogP contribution is -2.40. The lowest BCUT2D eigenvalue weighted by atomic mass is 9.95. The van der Waals surface area contributed by atoms with Gasteiger partial charge in [0.05, 0.1) is 11.8 Å². The molecule has 1 saturated heterocycles. The van der Waals surface area contributed by atoms with Crippen LogP contribution in [0.3, 0.4) is 0 Å². The van der Waals surface area contributed by atoms with Gasteiger partial charge < -0.3 is 16.0 Å². The molecule has 0 radical (unpaired) electrons. The Bertz CT molecular complexity index is 592. The van der Waals surface area contributed by atoms with Crippen LogP contribution in [0.4, 0.5) is 0 Å². The van der Waals surface area contributed by atoms with E-state index in [1.54, 1.807) is 17.1 Å². The summed E-state index contributed by atoms with van der Waals surface area (Å²) in [5.41, 5.74) is 6.25. The Balaban J connectivity index is 0.00000243. The fourth-order valence-electron chi connectivity index (χ4n) is 3.78. The van der Waals surface area contributed by atoms with Crippen LogP contribution in [-0.4, -0.2) is 52.2 Å². The van der Waals surface area contributed by atoms with Crippen molar-refractivity contribution >= 4 is 24.2 Å². The highest BCUT2D eigenvalue weighted by molar-refractivity contribution is 5.93. The molecule has 1 aromatic heterocycles. The van der Waals surface area contributed by atoms with E-state index in [4.69, 9.17) is 5.73 Å². The van der Waals surface area contributed by atoms with Crippen molar-refractivity contribution in [3.8, 4) is 0 Å². The molecule has 8 heteroatoms. The molecule has 1 aliphatic heterocycles. The van der Waals surface area contributed by atoms with Crippen LogP contribution in [0.25, 0.3) is 0 Å². The van der Waals surface area contributed by atoms with Crippen molar-refractivity contribution in [3.05, 3.63) is 18.0 Å². The molecule has 1 saturated carbocycles. The number of carbonyl (C=O) groups is 2. The first-order valence-corrected chi connectivity index (χ1v) is 9.47. The molecule has 26 heavy (non-hydrogen) atoms. The Kier molecular flexibility index (Phi) is 7.90. The molecule has 0 spiro atoms. The largest absolute Gasteiger partial charge is 0.352 e. The minimum Gasteiger partial charge on any atom is -0.352 e. The summed E-state index contributed by atoms with van der Waals surface area (Å²) in [6.45, 7) is 2.34. The molecule has 2 amide bonds. The van der Waals surface area contributed by atoms with Gasteiger partial charge in [-0.15, -0.1) is 12.4 Å². The van der Waals surface area contributed by atoms with Crippen LogP contribution in [0.15, 0.2) is 12.4 Å². The molecular formula is C18H30ClN5O2. The molecule has 2 heterocycles. The Morgan fingerprint density at radius 3 is 2.50 bits per heavy atom. The molecule has 3 N–H and O–H groups in total. The minimum atomic E-state index is -0.0299. The Morgan fingerprint density at radius 2 is 1.85 bits per heavy atom. The van der Waals surface area contributed by atoms with E-state index < -0.39 is 0 Å². The average molecular weight is 384 g/mol. The van der Waals surface area contributed by atoms with Crippen molar-refractivity contribution in [2.45, 2.75) is 57.5 Å². The zero-order chi connectivity index (χ0) is 17.6. The summed E-state index contributed by atoms with van der Waals surface area (Å²) in [7, 11) is 0. The molecule has 1 aliphatic carbocycles. The molecule has 7 nitrogen and oxygen atoms in total. The smallest absolute Gasteiger partial charge is 0.257 e. The first-order chi connectivity index (χ1) is 12.2. The van der Waals surface area contributed by atoms with Crippen molar-refractivity contribution in [2.24, 2.45) is 11.7 Å². The zero-order valence-electron chi connectivity index (χ0n) is 15.2. The summed E-state index contributed by atoms with van der Waals surface area (Å²) in [6, 6.07) is 0.293. The van der Waals surface area contributed by atoms with Gasteiger partial charge in [0.1, 0.15) is 6.54 Å². The van der Waals surface area contributed by atoms with Gasteiger partial charge in [-0.05, 0) is 38.1 Å². The fourth-order valence-corrected chi connectivity index (χ4v) is 3.78. The number of halogens is 1. The van der Waals surface area contributed by atoms with Crippen molar-refractivity contribution in [3.63, 3.8) is 0 Å². The maximum atomic E-state index is 12.6. The molecule has 3 rings (SSSR count). The molecule has 146 valence electrons. The van der Waals surface area contributed by atoms with E-state index in [9.17, 15) is 9.59 Å². The van der Waals surface area contributed by atoms with Crippen molar-refractivity contribution < 1.29 is 9.59 Å². The number of nitrogens with two attached hydrogens (primary N) is 1. The summed E-state index contributed by atoms with van der Waals surface area (Å²) in [5, 5.41) is 7.26. The zero-order valence-corrected chi connectivity index (χ0v) is 16.0. The number of nitrogens with one attached hydrogen (secondary N) is 1. The first-order valence-electron chi connectivity index (χ1n) is 9.47. The first kappa shape index (κ1) is 20.7. The molecule has 0 unspecified atom stereocenters. The second-order valence-corrected chi connectivity index (χ2v) is 7.30. The second-order valence-electron chi connectivity index (χ2n) is 7.30. The standard InChI is InChI=1S/C18H29N5O2.ClH/c19-10-14-6-8-22(9-7-14)18(25)15-11-20-23(12-15)13-17(24)21-16-4-2-1-3-5-16;/h11-12,14,16H,1-10,13,19H2,(H,21,24);1H. The van der Waals surface area contributed by atoms with Crippen LogP contribution in [0, 0.1) is 5.92 Å². The maximum absolute atomic E-state index is 12.6. The summed E-state index contributed by atoms with van der Waals surface area (Å²) >= 11 is 0. The number of piperidine rings is 1. The van der Waals surface area contributed by atoms with Gasteiger partial charge in [-0.1, -0.05) is 19.3 Å². The summed E-state index contributed by atoms with van der Waals surface area (Å²) in [5.74, 6) is 0.488. The van der Waals surface area contributed by atoms with Crippen molar-refractivity contribution in [1.29, 1.82) is 0 Å². The van der Waals surface area contributed by atoms with Gasteiger partial charge in [0, 0.05) is 25.3 Å².